The minimum atomic E-state index is -0.772. The number of nitrogens with one attached hydrogen (secondary N) is 4. The molecule has 2 rings (SSSR count). The second kappa shape index (κ2) is 15.0. The van der Waals surface area contributed by atoms with Crippen molar-refractivity contribution >= 4 is 35.4 Å². The van der Waals surface area contributed by atoms with Crippen LogP contribution >= 0.6 is 11.8 Å². The molecule has 4 N–H and O–H groups in total. The molecule has 4 atom stereocenters. The first-order valence-corrected chi connectivity index (χ1v) is 14.5. The molecule has 1 fully saturated rings. The fraction of sp³-hybridized carbons (Fsp3) is 0.643. The predicted octanol–water partition coefficient (Wildman–Crippen LogP) is 2.76. The molecule has 1 aromatic rings. The second-order valence-electron chi connectivity index (χ2n) is 10.7. The van der Waals surface area contributed by atoms with E-state index >= 15 is 0 Å². The monoisotopic (exact) mass is 532 g/mol. The molecule has 206 valence electrons. The molecule has 1 aromatic carbocycles. The van der Waals surface area contributed by atoms with Gasteiger partial charge in [-0.05, 0) is 49.7 Å². The molecule has 0 spiro atoms. The summed E-state index contributed by atoms with van der Waals surface area (Å²) in [5.41, 5.74) is 2.12. The van der Waals surface area contributed by atoms with Crippen LogP contribution in [0.5, 0.6) is 0 Å². The van der Waals surface area contributed by atoms with Crippen LogP contribution in [0, 0.1) is 11.8 Å². The third-order valence-electron chi connectivity index (χ3n) is 6.44. The topological polar surface area (TPSA) is 116 Å². The van der Waals surface area contributed by atoms with Crippen molar-refractivity contribution in [3.63, 3.8) is 0 Å². The summed E-state index contributed by atoms with van der Waals surface area (Å²) < 4.78 is 0. The maximum Gasteiger partial charge on any atom is 0.243 e. The lowest BCUT2D eigenvalue weighted by atomic mass is 9.95. The third kappa shape index (κ3) is 10.4. The molecule has 1 aliphatic heterocycles. The molecule has 0 unspecified atom stereocenters. The number of hydrogen-bond donors (Lipinski definition) is 4. The molecule has 0 aliphatic carbocycles. The van der Waals surface area contributed by atoms with Crippen LogP contribution in [0.2, 0.25) is 0 Å². The van der Waals surface area contributed by atoms with E-state index in [4.69, 9.17) is 0 Å². The maximum atomic E-state index is 13.3. The minimum Gasteiger partial charge on any atom is -0.355 e. The van der Waals surface area contributed by atoms with Gasteiger partial charge in [0.2, 0.25) is 23.6 Å². The lowest BCUT2D eigenvalue weighted by molar-refractivity contribution is -0.133. The molecule has 1 heterocycles. The zero-order chi connectivity index (χ0) is 27.5. The number of carbonyl (C=O) groups is 4. The quantitative estimate of drug-likeness (QED) is 0.411. The molecule has 9 heteroatoms. The Balaban J connectivity index is 2.05. The van der Waals surface area contributed by atoms with Crippen LogP contribution in [0.1, 0.15) is 71.4 Å². The van der Waals surface area contributed by atoms with Crippen LogP contribution in [0.15, 0.2) is 24.3 Å². The van der Waals surface area contributed by atoms with Crippen LogP contribution in [0.3, 0.4) is 0 Å². The minimum absolute atomic E-state index is 0.0247. The number of hydrogen-bond acceptors (Lipinski definition) is 5. The van der Waals surface area contributed by atoms with E-state index in [1.165, 1.54) is 17.3 Å². The van der Waals surface area contributed by atoms with Gasteiger partial charge in [-0.1, -0.05) is 52.0 Å². The zero-order valence-electron chi connectivity index (χ0n) is 23.1. The van der Waals surface area contributed by atoms with E-state index in [0.29, 0.717) is 36.8 Å². The van der Waals surface area contributed by atoms with E-state index in [0.717, 1.165) is 12.0 Å². The largest absolute Gasteiger partial charge is 0.355 e. The number of rotatable bonds is 8. The molecule has 0 saturated carbocycles. The number of thioether (sulfide) groups is 1. The van der Waals surface area contributed by atoms with E-state index in [1.807, 2.05) is 39.8 Å². The molecule has 0 radical (unpaired) electrons. The Kier molecular flexibility index (Phi) is 12.4. The molecular formula is C28H44N4O4S. The highest BCUT2D eigenvalue weighted by Crippen LogP contribution is 2.19. The van der Waals surface area contributed by atoms with E-state index < -0.39 is 18.0 Å². The summed E-state index contributed by atoms with van der Waals surface area (Å²) in [7, 11) is 0. The van der Waals surface area contributed by atoms with E-state index in [9.17, 15) is 19.2 Å². The van der Waals surface area contributed by atoms with Crippen molar-refractivity contribution in [3.05, 3.63) is 35.4 Å². The zero-order valence-corrected chi connectivity index (χ0v) is 23.9. The molecule has 1 saturated heterocycles. The van der Waals surface area contributed by atoms with Crippen LogP contribution in [0.25, 0.3) is 0 Å². The Hall–Kier alpha value is -2.55. The summed E-state index contributed by atoms with van der Waals surface area (Å²) in [5, 5.41) is 11.6. The van der Waals surface area contributed by atoms with Crippen molar-refractivity contribution in [1.82, 2.24) is 21.3 Å². The van der Waals surface area contributed by atoms with Crippen molar-refractivity contribution in [2.75, 3.05) is 18.1 Å². The van der Waals surface area contributed by atoms with E-state index in [-0.39, 0.29) is 35.6 Å². The molecule has 37 heavy (non-hydrogen) atoms. The first-order chi connectivity index (χ1) is 17.5. The molecule has 1 aliphatic rings. The molecule has 4 amide bonds. The fourth-order valence-electron chi connectivity index (χ4n) is 4.14. The summed E-state index contributed by atoms with van der Waals surface area (Å²) in [6, 6.07) is 6.35. The van der Waals surface area contributed by atoms with Gasteiger partial charge in [-0.15, -0.1) is 0 Å². The van der Waals surface area contributed by atoms with Crippen molar-refractivity contribution in [2.24, 2.45) is 11.8 Å². The smallest absolute Gasteiger partial charge is 0.243 e. The van der Waals surface area contributed by atoms with Crippen molar-refractivity contribution in [1.29, 1.82) is 0 Å². The normalized spacial score (nSPS) is 21.2. The SMILES string of the molecule is CC(C)Cc1ccc([C@H](C)C(=O)N[C@H](C(=O)N[C@H]2CSCCNC(=O)CC[C@H](C)NC2=O)C(C)C)cc1. The average molecular weight is 533 g/mol. The highest BCUT2D eigenvalue weighted by atomic mass is 32.2. The van der Waals surface area contributed by atoms with Crippen molar-refractivity contribution in [3.8, 4) is 0 Å². The van der Waals surface area contributed by atoms with Gasteiger partial charge in [0, 0.05) is 30.5 Å². The molecule has 0 aromatic heterocycles. The van der Waals surface area contributed by atoms with Gasteiger partial charge < -0.3 is 21.3 Å². The van der Waals surface area contributed by atoms with Gasteiger partial charge in [0.1, 0.15) is 12.1 Å². The van der Waals surface area contributed by atoms with E-state index in [1.54, 1.807) is 0 Å². The summed E-state index contributed by atoms with van der Waals surface area (Å²) in [6.45, 7) is 12.3. The molecule has 0 bridgehead atoms. The first-order valence-electron chi connectivity index (χ1n) is 13.3. The van der Waals surface area contributed by atoms with Gasteiger partial charge in [0.25, 0.3) is 0 Å². The van der Waals surface area contributed by atoms with Crippen LogP contribution in [-0.4, -0.2) is 59.8 Å². The van der Waals surface area contributed by atoms with Gasteiger partial charge in [-0.3, -0.25) is 19.2 Å². The van der Waals surface area contributed by atoms with Crippen LogP contribution in [0.4, 0.5) is 0 Å². The summed E-state index contributed by atoms with van der Waals surface area (Å²) >= 11 is 1.49. The summed E-state index contributed by atoms with van der Waals surface area (Å²) in [5.74, 6) is 0.0723. The Morgan fingerprint density at radius 3 is 2.35 bits per heavy atom. The third-order valence-corrected chi connectivity index (χ3v) is 7.50. The van der Waals surface area contributed by atoms with Crippen LogP contribution in [-0.2, 0) is 25.6 Å². The standard InChI is InChI=1S/C28H44N4O4S/c1-17(2)15-21-8-10-22(11-9-21)20(6)26(34)32-25(18(3)4)28(36)31-23-16-37-14-13-29-24(33)12-7-19(5)30-27(23)35/h8-11,17-20,23,25H,7,12-16H2,1-6H3,(H,29,33)(H,30,35)(H,31,36)(H,32,34)/t19-,20-,23-,25-/m0/s1. The summed E-state index contributed by atoms with van der Waals surface area (Å²) in [4.78, 5) is 51.1. The van der Waals surface area contributed by atoms with Gasteiger partial charge in [-0.25, -0.2) is 0 Å². The Bertz CT molecular complexity index is 919. The second-order valence-corrected chi connectivity index (χ2v) is 11.9. The lowest BCUT2D eigenvalue weighted by Crippen LogP contribution is -2.57. The van der Waals surface area contributed by atoms with Gasteiger partial charge >= 0.3 is 0 Å². The Morgan fingerprint density at radius 1 is 1.05 bits per heavy atom. The molecular weight excluding hydrogens is 488 g/mol. The predicted molar refractivity (Wildman–Crippen MR) is 149 cm³/mol. The fourth-order valence-corrected chi connectivity index (χ4v) is 5.02. The van der Waals surface area contributed by atoms with Gasteiger partial charge in [-0.2, -0.15) is 11.8 Å². The summed E-state index contributed by atoms with van der Waals surface area (Å²) in [6.07, 6.45) is 1.84. The Labute approximate surface area is 225 Å². The highest BCUT2D eigenvalue weighted by Gasteiger charge is 2.30. The first kappa shape index (κ1) is 30.7. The Morgan fingerprint density at radius 2 is 1.73 bits per heavy atom. The van der Waals surface area contributed by atoms with Gasteiger partial charge in [0.15, 0.2) is 0 Å². The highest BCUT2D eigenvalue weighted by molar-refractivity contribution is 7.99. The lowest BCUT2D eigenvalue weighted by Gasteiger charge is -2.27. The van der Waals surface area contributed by atoms with Gasteiger partial charge in [0.05, 0.1) is 5.92 Å². The van der Waals surface area contributed by atoms with E-state index in [2.05, 4.69) is 47.2 Å². The maximum absolute atomic E-state index is 13.3. The van der Waals surface area contributed by atoms with Crippen molar-refractivity contribution in [2.45, 2.75) is 84.8 Å². The average Bonchev–Trinajstić information content (AvgIpc) is 2.83. The number of benzene rings is 1. The van der Waals surface area contributed by atoms with Crippen molar-refractivity contribution < 1.29 is 19.2 Å². The number of carbonyl (C=O) groups excluding carboxylic acids is 4. The number of amides is 4. The molecule has 8 nitrogen and oxygen atoms in total. The van der Waals surface area contributed by atoms with Crippen LogP contribution < -0.4 is 21.3 Å².